The Hall–Kier alpha value is -2.68. The maximum Gasteiger partial charge on any atom is 0.261 e. The summed E-state index contributed by atoms with van der Waals surface area (Å²) in [5, 5.41) is 0. The van der Waals surface area contributed by atoms with Gasteiger partial charge in [-0.2, -0.15) is 0 Å². The molecule has 0 unspecified atom stereocenters. The van der Waals surface area contributed by atoms with E-state index in [0.717, 1.165) is 30.4 Å². The number of rotatable bonds is 6. The Kier molecular flexibility index (Phi) is 4.46. The van der Waals surface area contributed by atoms with Gasteiger partial charge in [-0.25, -0.2) is 21.6 Å². The van der Waals surface area contributed by atoms with Gasteiger partial charge < -0.3 is 0 Å². The monoisotopic (exact) mass is 440 g/mol. The molecule has 3 aromatic rings. The van der Waals surface area contributed by atoms with Crippen LogP contribution in [0.3, 0.4) is 0 Å². The van der Waals surface area contributed by atoms with Crippen LogP contribution in [0.25, 0.3) is 11.1 Å². The molecular weight excluding hydrogens is 420 g/mol. The molecule has 0 atom stereocenters. The highest BCUT2D eigenvalue weighted by Gasteiger charge is 2.28. The Bertz CT molecular complexity index is 1340. The minimum absolute atomic E-state index is 0.00831. The Morgan fingerprint density at radius 1 is 0.700 bits per heavy atom. The predicted octanol–water partition coefficient (Wildman–Crippen LogP) is 3.50. The van der Waals surface area contributed by atoms with Crippen LogP contribution in [0, 0.1) is 0 Å². The molecule has 0 saturated heterocycles. The van der Waals surface area contributed by atoms with Crippen LogP contribution in [0.1, 0.15) is 24.0 Å². The van der Waals surface area contributed by atoms with Crippen LogP contribution in [-0.2, 0) is 26.5 Å². The van der Waals surface area contributed by atoms with Crippen LogP contribution in [0.15, 0.2) is 76.5 Å². The fraction of sp³-hybridized carbons (Fsp3) is 0.182. The predicted molar refractivity (Wildman–Crippen MR) is 115 cm³/mol. The first kappa shape index (κ1) is 19.3. The molecule has 2 aliphatic carbocycles. The summed E-state index contributed by atoms with van der Waals surface area (Å²) in [6.45, 7) is 0. The summed E-state index contributed by atoms with van der Waals surface area (Å²) in [5.74, 6) is 0. The standard InChI is InChI=1S/C22H20N2O4S2/c25-29(26,23-17-5-6-17)19-8-10-20(11-9-19)30(27,28)24-18-7-12-22-16(14-18)13-15-3-1-2-4-21(15)22/h1-4,7-12,14,17,23-24H,5-6,13H2. The van der Waals surface area contributed by atoms with E-state index in [4.69, 9.17) is 0 Å². The van der Waals surface area contributed by atoms with E-state index < -0.39 is 20.0 Å². The molecule has 30 heavy (non-hydrogen) atoms. The van der Waals surface area contributed by atoms with Crippen molar-refractivity contribution in [1.29, 1.82) is 0 Å². The van der Waals surface area contributed by atoms with Crippen molar-refractivity contribution in [2.45, 2.75) is 35.1 Å². The van der Waals surface area contributed by atoms with Crippen molar-refractivity contribution >= 4 is 25.7 Å². The number of nitrogens with one attached hydrogen (secondary N) is 2. The van der Waals surface area contributed by atoms with E-state index in [1.807, 2.05) is 24.3 Å². The van der Waals surface area contributed by atoms with Crippen molar-refractivity contribution in [3.8, 4) is 11.1 Å². The average molecular weight is 441 g/mol. The maximum absolute atomic E-state index is 12.8. The van der Waals surface area contributed by atoms with E-state index in [-0.39, 0.29) is 15.8 Å². The number of hydrogen-bond acceptors (Lipinski definition) is 4. The lowest BCUT2D eigenvalue weighted by Gasteiger charge is -2.11. The second-order valence-corrected chi connectivity index (χ2v) is 11.1. The average Bonchev–Trinajstić information content (AvgIpc) is 3.44. The molecule has 0 bridgehead atoms. The molecule has 1 saturated carbocycles. The molecule has 0 aromatic heterocycles. The first-order chi connectivity index (χ1) is 14.3. The Labute approximate surface area is 176 Å². The van der Waals surface area contributed by atoms with Crippen molar-refractivity contribution in [2.24, 2.45) is 0 Å². The summed E-state index contributed by atoms with van der Waals surface area (Å²) in [6, 6.07) is 18.9. The summed E-state index contributed by atoms with van der Waals surface area (Å²) < 4.78 is 55.3. The fourth-order valence-electron chi connectivity index (χ4n) is 3.71. The SMILES string of the molecule is O=S(=O)(Nc1ccc2c(c1)Cc1ccccc1-2)c1ccc(S(=O)(=O)NC2CC2)cc1. The third-order valence-corrected chi connectivity index (χ3v) is 8.32. The quantitative estimate of drug-likeness (QED) is 0.480. The molecule has 3 aromatic carbocycles. The van der Waals surface area contributed by atoms with E-state index in [0.29, 0.717) is 5.69 Å². The highest BCUT2D eigenvalue weighted by molar-refractivity contribution is 7.92. The lowest BCUT2D eigenvalue weighted by atomic mass is 10.1. The molecule has 0 aliphatic heterocycles. The third-order valence-electron chi connectivity index (χ3n) is 5.39. The van der Waals surface area contributed by atoms with Crippen LogP contribution in [0.2, 0.25) is 0 Å². The van der Waals surface area contributed by atoms with Gasteiger partial charge in [-0.05, 0) is 77.9 Å². The lowest BCUT2D eigenvalue weighted by Crippen LogP contribution is -2.25. The summed E-state index contributed by atoms with van der Waals surface area (Å²) in [6.07, 6.45) is 2.44. The van der Waals surface area contributed by atoms with Gasteiger partial charge in [-0.3, -0.25) is 4.72 Å². The van der Waals surface area contributed by atoms with Crippen LogP contribution >= 0.6 is 0 Å². The molecule has 0 spiro atoms. The van der Waals surface area contributed by atoms with E-state index in [2.05, 4.69) is 21.6 Å². The molecule has 2 N–H and O–H groups in total. The second-order valence-electron chi connectivity index (χ2n) is 7.68. The van der Waals surface area contributed by atoms with Gasteiger partial charge in [0, 0.05) is 11.7 Å². The van der Waals surface area contributed by atoms with Crippen LogP contribution in [0.4, 0.5) is 5.69 Å². The molecule has 5 rings (SSSR count). The zero-order valence-corrected chi connectivity index (χ0v) is 17.6. The molecule has 1 fully saturated rings. The topological polar surface area (TPSA) is 92.3 Å². The Morgan fingerprint density at radius 3 is 2.03 bits per heavy atom. The molecule has 8 heteroatoms. The minimum Gasteiger partial charge on any atom is -0.280 e. The molecule has 0 amide bonds. The molecular formula is C22H20N2O4S2. The second kappa shape index (κ2) is 6.94. The van der Waals surface area contributed by atoms with E-state index in [9.17, 15) is 16.8 Å². The van der Waals surface area contributed by atoms with Crippen molar-refractivity contribution < 1.29 is 16.8 Å². The van der Waals surface area contributed by atoms with Crippen molar-refractivity contribution in [1.82, 2.24) is 4.72 Å². The lowest BCUT2D eigenvalue weighted by molar-refractivity contribution is 0.580. The van der Waals surface area contributed by atoms with E-state index in [1.54, 1.807) is 6.07 Å². The summed E-state index contributed by atoms with van der Waals surface area (Å²) in [7, 11) is -7.45. The van der Waals surface area contributed by atoms with Crippen molar-refractivity contribution in [2.75, 3.05) is 4.72 Å². The fourth-order valence-corrected chi connectivity index (χ4v) is 6.06. The first-order valence-electron chi connectivity index (χ1n) is 9.68. The minimum atomic E-state index is -3.84. The van der Waals surface area contributed by atoms with Crippen molar-refractivity contribution in [3.63, 3.8) is 0 Å². The Balaban J connectivity index is 1.37. The van der Waals surface area contributed by atoms with Crippen LogP contribution in [-0.4, -0.2) is 22.9 Å². The summed E-state index contributed by atoms with van der Waals surface area (Å²) in [5.41, 5.74) is 5.08. The van der Waals surface area contributed by atoms with Crippen LogP contribution in [0.5, 0.6) is 0 Å². The molecule has 6 nitrogen and oxygen atoms in total. The maximum atomic E-state index is 12.8. The highest BCUT2D eigenvalue weighted by atomic mass is 32.2. The van der Waals surface area contributed by atoms with Gasteiger partial charge in [-0.1, -0.05) is 30.3 Å². The van der Waals surface area contributed by atoms with E-state index >= 15 is 0 Å². The number of fused-ring (bicyclic) bond motifs is 3. The van der Waals surface area contributed by atoms with Gasteiger partial charge >= 0.3 is 0 Å². The van der Waals surface area contributed by atoms with E-state index in [1.165, 1.54) is 35.4 Å². The number of hydrogen-bond donors (Lipinski definition) is 2. The van der Waals surface area contributed by atoms with Gasteiger partial charge in [-0.15, -0.1) is 0 Å². The van der Waals surface area contributed by atoms with Gasteiger partial charge in [0.15, 0.2) is 0 Å². The van der Waals surface area contributed by atoms with Gasteiger partial charge in [0.05, 0.1) is 9.79 Å². The zero-order chi connectivity index (χ0) is 20.9. The smallest absolute Gasteiger partial charge is 0.261 e. The molecule has 0 heterocycles. The van der Waals surface area contributed by atoms with Gasteiger partial charge in [0.25, 0.3) is 10.0 Å². The van der Waals surface area contributed by atoms with Crippen molar-refractivity contribution in [3.05, 3.63) is 77.9 Å². The van der Waals surface area contributed by atoms with Crippen LogP contribution < -0.4 is 9.44 Å². The number of benzene rings is 3. The number of anilines is 1. The summed E-state index contributed by atoms with van der Waals surface area (Å²) >= 11 is 0. The first-order valence-corrected chi connectivity index (χ1v) is 12.6. The van der Waals surface area contributed by atoms with Gasteiger partial charge in [0.1, 0.15) is 0 Å². The Morgan fingerprint density at radius 2 is 1.33 bits per heavy atom. The zero-order valence-electron chi connectivity index (χ0n) is 16.0. The van der Waals surface area contributed by atoms with Gasteiger partial charge in [0.2, 0.25) is 10.0 Å². The summed E-state index contributed by atoms with van der Waals surface area (Å²) in [4.78, 5) is 0.0697. The highest BCUT2D eigenvalue weighted by Crippen LogP contribution is 2.37. The third kappa shape index (κ3) is 3.62. The molecule has 0 radical (unpaired) electrons. The molecule has 154 valence electrons. The largest absolute Gasteiger partial charge is 0.280 e. The normalized spacial score (nSPS) is 15.5. The number of sulfonamides is 2. The molecule has 2 aliphatic rings.